The van der Waals surface area contributed by atoms with Gasteiger partial charge in [0.1, 0.15) is 5.76 Å². The fourth-order valence-corrected chi connectivity index (χ4v) is 3.02. The average molecular weight is 436 g/mol. The smallest absolute Gasteiger partial charge is 0.251 e. The van der Waals surface area contributed by atoms with E-state index in [9.17, 15) is 4.79 Å². The maximum atomic E-state index is 12.1. The van der Waals surface area contributed by atoms with E-state index in [1.54, 1.807) is 19.2 Å². The van der Waals surface area contributed by atoms with Gasteiger partial charge in [-0.15, -0.1) is 0 Å². The first kappa shape index (κ1) is 21.0. The number of hydrogen-bond acceptors (Lipinski definition) is 4. The van der Waals surface area contributed by atoms with Crippen LogP contribution in [0.15, 0.2) is 38.3 Å². The fraction of sp³-hybridized carbons (Fsp3) is 0.421. The molecule has 1 amide bonds. The molecule has 0 spiro atoms. The molecule has 3 N–H and O–H groups in total. The minimum Gasteiger partial charge on any atom is -0.361 e. The molecule has 0 saturated heterocycles. The molecule has 0 atom stereocenters. The van der Waals surface area contributed by atoms with Gasteiger partial charge < -0.3 is 20.5 Å². The van der Waals surface area contributed by atoms with Gasteiger partial charge in [0.2, 0.25) is 0 Å². The van der Waals surface area contributed by atoms with E-state index >= 15 is 0 Å². The summed E-state index contributed by atoms with van der Waals surface area (Å²) in [5, 5.41) is 13.5. The van der Waals surface area contributed by atoms with E-state index < -0.39 is 0 Å². The molecule has 27 heavy (non-hydrogen) atoms. The Kier molecular flexibility index (Phi) is 8.32. The summed E-state index contributed by atoms with van der Waals surface area (Å²) >= 11 is 3.37. The predicted octanol–water partition coefficient (Wildman–Crippen LogP) is 2.66. The van der Waals surface area contributed by atoms with E-state index in [1.165, 1.54) is 0 Å². The molecule has 0 saturated carbocycles. The monoisotopic (exact) mass is 435 g/mol. The molecule has 1 aromatic heterocycles. The van der Waals surface area contributed by atoms with Crippen LogP contribution in [-0.2, 0) is 19.4 Å². The third-order valence-electron chi connectivity index (χ3n) is 4.05. The standard InChI is InChI=1S/C19H26BrN5O2/c1-4-16-15(17(5-2)27-25-16)12-24-19(21-3)23-10-9-22-18(26)13-7-6-8-14(20)11-13/h6-8,11H,4-5,9-10,12H2,1-3H3,(H,22,26)(H2,21,23,24). The molecule has 0 bridgehead atoms. The Balaban J connectivity index is 1.78. The molecule has 1 aromatic carbocycles. The Labute approximate surface area is 168 Å². The van der Waals surface area contributed by atoms with Crippen LogP contribution in [0.4, 0.5) is 0 Å². The highest BCUT2D eigenvalue weighted by Crippen LogP contribution is 2.15. The molecule has 146 valence electrons. The summed E-state index contributed by atoms with van der Waals surface area (Å²) in [7, 11) is 1.71. The van der Waals surface area contributed by atoms with Gasteiger partial charge >= 0.3 is 0 Å². The van der Waals surface area contributed by atoms with Crippen molar-refractivity contribution in [2.45, 2.75) is 33.2 Å². The van der Waals surface area contributed by atoms with Gasteiger partial charge in [-0.05, 0) is 24.6 Å². The summed E-state index contributed by atoms with van der Waals surface area (Å²) in [6.45, 7) is 5.75. The predicted molar refractivity (Wildman–Crippen MR) is 110 cm³/mol. The number of carbonyl (C=O) groups excluding carboxylic acids is 1. The van der Waals surface area contributed by atoms with Crippen molar-refractivity contribution in [3.05, 3.63) is 51.3 Å². The minimum atomic E-state index is -0.106. The van der Waals surface area contributed by atoms with Gasteiger partial charge in [-0.2, -0.15) is 0 Å². The van der Waals surface area contributed by atoms with Gasteiger partial charge in [-0.25, -0.2) is 0 Å². The third kappa shape index (κ3) is 6.09. The summed E-state index contributed by atoms with van der Waals surface area (Å²) in [5.41, 5.74) is 2.68. The highest BCUT2D eigenvalue weighted by Gasteiger charge is 2.13. The van der Waals surface area contributed by atoms with Crippen molar-refractivity contribution in [3.63, 3.8) is 0 Å². The molecule has 0 aliphatic rings. The van der Waals surface area contributed by atoms with Gasteiger partial charge in [-0.1, -0.05) is 41.0 Å². The number of amides is 1. The van der Waals surface area contributed by atoms with E-state index in [0.29, 0.717) is 31.2 Å². The Hall–Kier alpha value is -2.35. The maximum absolute atomic E-state index is 12.1. The van der Waals surface area contributed by atoms with E-state index in [2.05, 4.69) is 49.0 Å². The number of aliphatic imine (C=N–C) groups is 1. The summed E-state index contributed by atoms with van der Waals surface area (Å²) in [5.74, 6) is 1.46. The van der Waals surface area contributed by atoms with Gasteiger partial charge in [-0.3, -0.25) is 9.79 Å². The zero-order valence-electron chi connectivity index (χ0n) is 15.9. The highest BCUT2D eigenvalue weighted by atomic mass is 79.9. The van der Waals surface area contributed by atoms with Crippen LogP contribution in [0.1, 0.15) is 41.2 Å². The van der Waals surface area contributed by atoms with Crippen LogP contribution in [0, 0.1) is 0 Å². The SMILES string of the molecule is CCc1noc(CC)c1CNC(=NC)NCCNC(=O)c1cccc(Br)c1. The second kappa shape index (κ2) is 10.7. The normalized spacial score (nSPS) is 11.3. The van der Waals surface area contributed by atoms with Gasteiger partial charge in [0.25, 0.3) is 5.91 Å². The Morgan fingerprint density at radius 1 is 1.19 bits per heavy atom. The summed E-state index contributed by atoms with van der Waals surface area (Å²) in [4.78, 5) is 16.3. The molecular formula is C19H26BrN5O2. The van der Waals surface area contributed by atoms with Gasteiger partial charge in [0.15, 0.2) is 5.96 Å². The number of nitrogens with zero attached hydrogens (tertiary/aromatic N) is 2. The molecule has 1 heterocycles. The lowest BCUT2D eigenvalue weighted by molar-refractivity contribution is 0.0954. The maximum Gasteiger partial charge on any atom is 0.251 e. The van der Waals surface area contributed by atoms with Gasteiger partial charge in [0, 0.05) is 48.7 Å². The van der Waals surface area contributed by atoms with Crippen molar-refractivity contribution in [1.82, 2.24) is 21.1 Å². The minimum absolute atomic E-state index is 0.106. The van der Waals surface area contributed by atoms with Crippen molar-refractivity contribution in [3.8, 4) is 0 Å². The number of aromatic nitrogens is 1. The number of halogens is 1. The van der Waals surface area contributed by atoms with Crippen molar-refractivity contribution >= 4 is 27.8 Å². The largest absolute Gasteiger partial charge is 0.361 e. The summed E-state index contributed by atoms with van der Waals surface area (Å²) < 4.78 is 6.26. The first-order valence-electron chi connectivity index (χ1n) is 9.03. The molecule has 2 rings (SSSR count). The number of carbonyl (C=O) groups is 1. The third-order valence-corrected chi connectivity index (χ3v) is 4.55. The van der Waals surface area contributed by atoms with Crippen LogP contribution < -0.4 is 16.0 Å². The van der Waals surface area contributed by atoms with Crippen LogP contribution in [0.5, 0.6) is 0 Å². The van der Waals surface area contributed by atoms with E-state index in [-0.39, 0.29) is 5.91 Å². The van der Waals surface area contributed by atoms with Crippen molar-refractivity contribution < 1.29 is 9.32 Å². The molecule has 2 aromatic rings. The molecule has 0 aliphatic heterocycles. The number of guanidine groups is 1. The number of hydrogen-bond donors (Lipinski definition) is 3. The Bertz CT molecular complexity index is 767. The quantitative estimate of drug-likeness (QED) is 0.336. The average Bonchev–Trinajstić information content (AvgIpc) is 3.09. The zero-order valence-corrected chi connectivity index (χ0v) is 17.5. The molecule has 0 unspecified atom stereocenters. The van der Waals surface area contributed by atoms with E-state index in [1.807, 2.05) is 19.1 Å². The number of nitrogens with one attached hydrogen (secondary N) is 3. The second-order valence-corrected chi connectivity index (χ2v) is 6.77. The fourth-order valence-electron chi connectivity index (χ4n) is 2.62. The van der Waals surface area contributed by atoms with Crippen molar-refractivity contribution in [2.75, 3.05) is 20.1 Å². The second-order valence-electron chi connectivity index (χ2n) is 5.86. The zero-order chi connectivity index (χ0) is 19.6. The topological polar surface area (TPSA) is 91.6 Å². The molecular weight excluding hydrogens is 410 g/mol. The first-order valence-corrected chi connectivity index (χ1v) is 9.82. The van der Waals surface area contributed by atoms with Crippen molar-refractivity contribution in [1.29, 1.82) is 0 Å². The van der Waals surface area contributed by atoms with Crippen LogP contribution in [0.3, 0.4) is 0 Å². The summed E-state index contributed by atoms with van der Waals surface area (Å²) in [6.07, 6.45) is 1.63. The molecule has 0 fully saturated rings. The molecule has 0 aliphatic carbocycles. The van der Waals surface area contributed by atoms with Crippen LogP contribution in [-0.4, -0.2) is 37.2 Å². The lowest BCUT2D eigenvalue weighted by atomic mass is 10.1. The lowest BCUT2D eigenvalue weighted by Gasteiger charge is -2.12. The van der Waals surface area contributed by atoms with Gasteiger partial charge in [0.05, 0.1) is 5.69 Å². The van der Waals surface area contributed by atoms with E-state index in [0.717, 1.165) is 34.3 Å². The van der Waals surface area contributed by atoms with Crippen molar-refractivity contribution in [2.24, 2.45) is 4.99 Å². The van der Waals surface area contributed by atoms with Crippen LogP contribution in [0.25, 0.3) is 0 Å². The first-order chi connectivity index (χ1) is 13.1. The van der Waals surface area contributed by atoms with Crippen LogP contribution >= 0.6 is 15.9 Å². The van der Waals surface area contributed by atoms with Crippen LogP contribution in [0.2, 0.25) is 0 Å². The summed E-state index contributed by atoms with van der Waals surface area (Å²) in [6, 6.07) is 7.29. The number of benzene rings is 1. The number of rotatable bonds is 8. The molecule has 7 nitrogen and oxygen atoms in total. The molecule has 8 heteroatoms. The molecule has 0 radical (unpaired) electrons. The Morgan fingerprint density at radius 3 is 2.63 bits per heavy atom. The lowest BCUT2D eigenvalue weighted by Crippen LogP contribution is -2.41. The highest BCUT2D eigenvalue weighted by molar-refractivity contribution is 9.10. The number of aryl methyl sites for hydroxylation is 2. The van der Waals surface area contributed by atoms with E-state index in [4.69, 9.17) is 4.52 Å². The Morgan fingerprint density at radius 2 is 1.96 bits per heavy atom.